The second-order valence-corrected chi connectivity index (χ2v) is 13.1. The molecule has 0 unspecified atom stereocenters. The minimum atomic E-state index is -0.130. The van der Waals surface area contributed by atoms with Gasteiger partial charge in [0.2, 0.25) is 0 Å². The van der Waals surface area contributed by atoms with Gasteiger partial charge in [-0.05, 0) is 76.4 Å². The molecule has 6 heteroatoms. The van der Waals surface area contributed by atoms with Crippen LogP contribution >= 0.6 is 0 Å². The molecule has 1 N–H and O–H groups in total. The Morgan fingerprint density at radius 3 is 1.83 bits per heavy atom. The monoisotopic (exact) mass is 632 g/mol. The Kier molecular flexibility index (Phi) is 8.97. The van der Waals surface area contributed by atoms with Crippen molar-refractivity contribution < 1.29 is 9.59 Å². The summed E-state index contributed by atoms with van der Waals surface area (Å²) in [6.07, 6.45) is 7.36. The van der Waals surface area contributed by atoms with Gasteiger partial charge in [0.1, 0.15) is 0 Å². The van der Waals surface area contributed by atoms with E-state index in [-0.39, 0.29) is 29.8 Å². The van der Waals surface area contributed by atoms with E-state index in [4.69, 9.17) is 9.98 Å². The fourth-order valence-electron chi connectivity index (χ4n) is 6.95. The van der Waals surface area contributed by atoms with Gasteiger partial charge in [-0.2, -0.15) is 0 Å². The van der Waals surface area contributed by atoms with Crippen LogP contribution in [-0.4, -0.2) is 46.8 Å². The van der Waals surface area contributed by atoms with Crippen LogP contribution in [0.25, 0.3) is 22.3 Å². The summed E-state index contributed by atoms with van der Waals surface area (Å²) in [6, 6.07) is 36.1. The van der Waals surface area contributed by atoms with Crippen LogP contribution in [-0.2, 0) is 0 Å². The Morgan fingerprint density at radius 2 is 1.23 bits per heavy atom. The molecule has 0 radical (unpaired) electrons. The summed E-state index contributed by atoms with van der Waals surface area (Å²) in [7, 11) is 0. The molecule has 0 bridgehead atoms. The molecule has 4 aromatic carbocycles. The third kappa shape index (κ3) is 6.56. The summed E-state index contributed by atoms with van der Waals surface area (Å²) in [5.41, 5.74) is 10.4. The molecule has 48 heavy (non-hydrogen) atoms. The highest BCUT2D eigenvalue weighted by Crippen LogP contribution is 2.33. The number of carbonyl (C=O) groups is 2. The number of nitrogens with one attached hydrogen (secondary N) is 1. The zero-order chi connectivity index (χ0) is 33.0. The predicted molar refractivity (Wildman–Crippen MR) is 195 cm³/mol. The molecular weight excluding hydrogens is 592 g/mol. The highest BCUT2D eigenvalue weighted by atomic mass is 16.2. The maximum Gasteiger partial charge on any atom is 0.254 e. The summed E-state index contributed by atoms with van der Waals surface area (Å²) in [5.74, 6) is 0.233. The number of amides is 2. The lowest BCUT2D eigenvalue weighted by Crippen LogP contribution is -2.44. The first-order chi connectivity index (χ1) is 23.4. The first-order valence-electron chi connectivity index (χ1n) is 16.9. The minimum absolute atomic E-state index is 0.0602. The average Bonchev–Trinajstić information content (AvgIpc) is 3.93. The van der Waals surface area contributed by atoms with E-state index in [0.29, 0.717) is 12.0 Å². The third-order valence-electron chi connectivity index (χ3n) is 9.63. The molecule has 2 atom stereocenters. The van der Waals surface area contributed by atoms with Gasteiger partial charge in [0.25, 0.3) is 11.8 Å². The molecule has 3 aliphatic rings. The highest BCUT2D eigenvalue weighted by molar-refractivity contribution is 6.06. The minimum Gasteiger partial charge on any atom is -0.344 e. The van der Waals surface area contributed by atoms with Crippen molar-refractivity contribution >= 4 is 34.4 Å². The van der Waals surface area contributed by atoms with E-state index in [1.165, 1.54) is 5.57 Å². The van der Waals surface area contributed by atoms with Gasteiger partial charge in [-0.15, -0.1) is 0 Å². The van der Waals surface area contributed by atoms with Crippen molar-refractivity contribution in [2.75, 3.05) is 6.54 Å². The van der Waals surface area contributed by atoms with Gasteiger partial charge in [-0.3, -0.25) is 19.6 Å². The molecule has 0 aromatic heterocycles. The zero-order valence-corrected chi connectivity index (χ0v) is 27.5. The number of likely N-dealkylation sites (tertiary alicyclic amines) is 1. The van der Waals surface area contributed by atoms with E-state index in [2.05, 4.69) is 67.7 Å². The highest BCUT2D eigenvalue weighted by Gasteiger charge is 2.34. The summed E-state index contributed by atoms with van der Waals surface area (Å²) >= 11 is 0. The largest absolute Gasteiger partial charge is 0.344 e. The number of rotatable bonds is 9. The number of hydrogen-bond donors (Lipinski definition) is 1. The fraction of sp³-hybridized carbons (Fsp3) is 0.238. The van der Waals surface area contributed by atoms with E-state index < -0.39 is 0 Å². The quantitative estimate of drug-likeness (QED) is 0.201. The van der Waals surface area contributed by atoms with Crippen LogP contribution in [0.5, 0.6) is 0 Å². The van der Waals surface area contributed by atoms with Crippen molar-refractivity contribution in [1.82, 2.24) is 10.2 Å². The second kappa shape index (κ2) is 13.8. The molecular formula is C42H40N4O2. The topological polar surface area (TPSA) is 74.1 Å². The van der Waals surface area contributed by atoms with Gasteiger partial charge in [-0.1, -0.05) is 98.8 Å². The van der Waals surface area contributed by atoms with Crippen LogP contribution in [0.15, 0.2) is 132 Å². The van der Waals surface area contributed by atoms with Crippen molar-refractivity contribution in [3.8, 4) is 11.1 Å². The Morgan fingerprint density at radius 1 is 0.688 bits per heavy atom. The summed E-state index contributed by atoms with van der Waals surface area (Å²) in [4.78, 5) is 37.6. The lowest BCUT2D eigenvalue weighted by molar-refractivity contribution is 0.0769. The van der Waals surface area contributed by atoms with Crippen LogP contribution in [0, 0.1) is 5.92 Å². The lowest BCUT2D eigenvalue weighted by atomic mass is 9.92. The number of nitrogens with zero attached hydrogens (tertiary/aromatic N) is 3. The summed E-state index contributed by atoms with van der Waals surface area (Å²) in [5, 5.41) is 3.20. The molecule has 1 saturated heterocycles. The molecule has 4 aromatic rings. The Hall–Kier alpha value is -5.36. The standard InChI is InChI=1S/C42H40N4O2/c1-28(2)40(45-41(47)33-10-5-3-6-11-33)38-25-36(27-44-38)32-21-17-30(18-22-32)29-15-19-31(20-16-29)35-24-37(43-26-35)39-14-9-23-46(39)42(48)34-12-7-4-8-13-34/h3-8,10-13,15-22,26-28,39-40H,9,14,23-25H2,1-2H3,(H,45,47)/t39-,40-/m0/s1. The average molecular weight is 633 g/mol. The molecule has 0 aliphatic carbocycles. The van der Waals surface area contributed by atoms with E-state index in [9.17, 15) is 9.59 Å². The number of carbonyl (C=O) groups excluding carboxylic acids is 2. The van der Waals surface area contributed by atoms with Gasteiger partial charge in [0.15, 0.2) is 0 Å². The smallest absolute Gasteiger partial charge is 0.254 e. The molecule has 0 spiro atoms. The van der Waals surface area contributed by atoms with Gasteiger partial charge in [0.05, 0.1) is 12.1 Å². The van der Waals surface area contributed by atoms with Crippen molar-refractivity contribution in [2.45, 2.75) is 51.6 Å². The Labute approximate surface area is 282 Å². The fourth-order valence-corrected chi connectivity index (χ4v) is 6.95. The van der Waals surface area contributed by atoms with E-state index in [0.717, 1.165) is 70.6 Å². The second-order valence-electron chi connectivity index (χ2n) is 13.1. The zero-order valence-electron chi connectivity index (χ0n) is 27.5. The van der Waals surface area contributed by atoms with E-state index in [1.807, 2.05) is 78.0 Å². The Bertz CT molecular complexity index is 1840. The first-order valence-corrected chi connectivity index (χ1v) is 16.9. The van der Waals surface area contributed by atoms with E-state index >= 15 is 0 Å². The normalized spacial score (nSPS) is 17.9. The van der Waals surface area contributed by atoms with Crippen LogP contribution < -0.4 is 5.32 Å². The van der Waals surface area contributed by atoms with Crippen LogP contribution in [0.1, 0.15) is 71.4 Å². The van der Waals surface area contributed by atoms with Crippen LogP contribution in [0.3, 0.4) is 0 Å². The predicted octanol–water partition coefficient (Wildman–Crippen LogP) is 8.48. The number of allylic oxidation sites excluding steroid dienone is 2. The molecule has 3 aliphatic heterocycles. The SMILES string of the molecule is CC(C)[C@H](NC(=O)c1ccccc1)C1=NC=C(c2ccc(-c3ccc(C4=CN=C([C@@H]5CCCN5C(=O)c5ccccc5)C4)cc3)cc2)C1. The van der Waals surface area contributed by atoms with Crippen molar-refractivity contribution in [3.05, 3.63) is 144 Å². The Balaban J connectivity index is 0.954. The molecule has 1 fully saturated rings. The van der Waals surface area contributed by atoms with Gasteiger partial charge >= 0.3 is 0 Å². The summed E-state index contributed by atoms with van der Waals surface area (Å²) in [6.45, 7) is 5.01. The first kappa shape index (κ1) is 31.3. The van der Waals surface area contributed by atoms with Gasteiger partial charge in [-0.25, -0.2) is 0 Å². The lowest BCUT2D eigenvalue weighted by Gasteiger charge is -2.25. The van der Waals surface area contributed by atoms with Crippen LogP contribution in [0.2, 0.25) is 0 Å². The van der Waals surface area contributed by atoms with Gasteiger partial charge in [0, 0.05) is 54.3 Å². The molecule has 2 amide bonds. The molecule has 3 heterocycles. The van der Waals surface area contributed by atoms with Crippen molar-refractivity contribution in [3.63, 3.8) is 0 Å². The number of hydrogen-bond acceptors (Lipinski definition) is 4. The van der Waals surface area contributed by atoms with Crippen molar-refractivity contribution in [1.29, 1.82) is 0 Å². The maximum absolute atomic E-state index is 13.2. The third-order valence-corrected chi connectivity index (χ3v) is 9.63. The molecule has 7 rings (SSSR count). The number of benzene rings is 4. The summed E-state index contributed by atoms with van der Waals surface area (Å²) < 4.78 is 0. The van der Waals surface area contributed by atoms with Gasteiger partial charge < -0.3 is 10.2 Å². The van der Waals surface area contributed by atoms with Crippen LogP contribution in [0.4, 0.5) is 0 Å². The van der Waals surface area contributed by atoms with Crippen molar-refractivity contribution in [2.24, 2.45) is 15.9 Å². The molecule has 6 nitrogen and oxygen atoms in total. The molecule has 240 valence electrons. The number of aliphatic imine (C=N–C) groups is 2. The molecule has 0 saturated carbocycles. The van der Waals surface area contributed by atoms with E-state index in [1.54, 1.807) is 0 Å². The maximum atomic E-state index is 13.2.